The highest BCUT2D eigenvalue weighted by molar-refractivity contribution is 7.14. The molecule has 0 spiro atoms. The Morgan fingerprint density at radius 3 is 2.29 bits per heavy atom. The Morgan fingerprint density at radius 2 is 1.59 bits per heavy atom. The number of nitrogens with zero attached hydrogens (tertiary/aromatic N) is 2. The first kappa shape index (κ1) is 23.5. The van der Waals surface area contributed by atoms with Gasteiger partial charge in [-0.1, -0.05) is 66.7 Å². The second-order valence-electron chi connectivity index (χ2n) is 8.06. The van der Waals surface area contributed by atoms with E-state index in [2.05, 4.69) is 58.5 Å². The summed E-state index contributed by atoms with van der Waals surface area (Å²) in [6, 6.07) is 26.6. The number of hydrogen-bond donors (Lipinski definition) is 0. The SMILES string of the molecule is COC(=O)CCc1ccc(OCc2ccc(CN(C)c3nc(-c4ccccc4)cs3)cc2)cc1. The third-order valence-corrected chi connectivity index (χ3v) is 6.46. The van der Waals surface area contributed by atoms with Gasteiger partial charge in [-0.15, -0.1) is 11.3 Å². The van der Waals surface area contributed by atoms with Gasteiger partial charge >= 0.3 is 5.97 Å². The topological polar surface area (TPSA) is 51.7 Å². The number of rotatable bonds is 10. The number of carbonyl (C=O) groups excluding carboxylic acids is 1. The fourth-order valence-electron chi connectivity index (χ4n) is 3.53. The molecule has 0 bridgehead atoms. The van der Waals surface area contributed by atoms with Gasteiger partial charge in [0.05, 0.1) is 12.8 Å². The predicted octanol–water partition coefficient (Wildman–Crippen LogP) is 6.13. The molecule has 0 aliphatic heterocycles. The molecule has 0 saturated carbocycles. The lowest BCUT2D eigenvalue weighted by molar-refractivity contribution is -0.140. The Bertz CT molecular complexity index is 1190. The Labute approximate surface area is 204 Å². The van der Waals surface area contributed by atoms with E-state index in [-0.39, 0.29) is 5.97 Å². The highest BCUT2D eigenvalue weighted by Gasteiger charge is 2.09. The lowest BCUT2D eigenvalue weighted by Crippen LogP contribution is -2.16. The number of benzene rings is 3. The average Bonchev–Trinajstić information content (AvgIpc) is 3.39. The summed E-state index contributed by atoms with van der Waals surface area (Å²) in [6.45, 7) is 1.29. The quantitative estimate of drug-likeness (QED) is 0.260. The van der Waals surface area contributed by atoms with Crippen LogP contribution < -0.4 is 9.64 Å². The molecule has 1 aromatic heterocycles. The zero-order valence-electron chi connectivity index (χ0n) is 19.4. The highest BCUT2D eigenvalue weighted by atomic mass is 32.1. The zero-order valence-corrected chi connectivity index (χ0v) is 20.3. The summed E-state index contributed by atoms with van der Waals surface area (Å²) in [4.78, 5) is 18.2. The van der Waals surface area contributed by atoms with E-state index in [9.17, 15) is 4.79 Å². The maximum absolute atomic E-state index is 11.3. The molecule has 0 aliphatic rings. The maximum atomic E-state index is 11.3. The Hall–Kier alpha value is -3.64. The van der Waals surface area contributed by atoms with Gasteiger partial charge in [-0.3, -0.25) is 4.79 Å². The second kappa shape index (κ2) is 11.5. The van der Waals surface area contributed by atoms with Crippen molar-refractivity contribution in [2.45, 2.75) is 26.0 Å². The van der Waals surface area contributed by atoms with Crippen molar-refractivity contribution in [3.63, 3.8) is 0 Å². The molecule has 0 fully saturated rings. The lowest BCUT2D eigenvalue weighted by atomic mass is 10.1. The first-order valence-corrected chi connectivity index (χ1v) is 12.1. The number of aryl methyl sites for hydroxylation is 1. The van der Waals surface area contributed by atoms with E-state index in [1.54, 1.807) is 11.3 Å². The van der Waals surface area contributed by atoms with Crippen LogP contribution in [0.2, 0.25) is 0 Å². The van der Waals surface area contributed by atoms with E-state index in [0.717, 1.165) is 39.8 Å². The van der Waals surface area contributed by atoms with E-state index < -0.39 is 0 Å². The van der Waals surface area contributed by atoms with Crippen LogP contribution in [0.3, 0.4) is 0 Å². The van der Waals surface area contributed by atoms with Gasteiger partial charge in [0, 0.05) is 31.0 Å². The first-order chi connectivity index (χ1) is 16.6. The lowest BCUT2D eigenvalue weighted by Gasteiger charge is -2.16. The molecule has 3 aromatic carbocycles. The minimum absolute atomic E-state index is 0.196. The van der Waals surface area contributed by atoms with Gasteiger partial charge in [-0.25, -0.2) is 4.98 Å². The largest absolute Gasteiger partial charge is 0.489 e. The van der Waals surface area contributed by atoms with Crippen LogP contribution >= 0.6 is 11.3 Å². The van der Waals surface area contributed by atoms with Gasteiger partial charge < -0.3 is 14.4 Å². The van der Waals surface area contributed by atoms with E-state index in [0.29, 0.717) is 19.4 Å². The predicted molar refractivity (Wildman–Crippen MR) is 137 cm³/mol. The number of aromatic nitrogens is 1. The highest BCUT2D eigenvalue weighted by Crippen LogP contribution is 2.27. The van der Waals surface area contributed by atoms with Crippen LogP contribution in [0.4, 0.5) is 5.13 Å². The van der Waals surface area contributed by atoms with Gasteiger partial charge in [-0.05, 0) is 35.2 Å². The summed E-state index contributed by atoms with van der Waals surface area (Å²) in [5.74, 6) is 0.613. The Kier molecular flexibility index (Phi) is 7.94. The number of methoxy groups -OCH3 is 1. The molecule has 6 heteroatoms. The van der Waals surface area contributed by atoms with Crippen LogP contribution in [0.15, 0.2) is 84.2 Å². The molecule has 174 valence electrons. The van der Waals surface area contributed by atoms with Crippen LogP contribution in [0, 0.1) is 0 Å². The van der Waals surface area contributed by atoms with Crippen molar-refractivity contribution >= 4 is 22.4 Å². The van der Waals surface area contributed by atoms with Crippen LogP contribution in [0.5, 0.6) is 5.75 Å². The summed E-state index contributed by atoms with van der Waals surface area (Å²) in [6.07, 6.45) is 1.05. The molecule has 0 N–H and O–H groups in total. The second-order valence-corrected chi connectivity index (χ2v) is 8.90. The average molecular weight is 473 g/mol. The molecule has 34 heavy (non-hydrogen) atoms. The van der Waals surface area contributed by atoms with Crippen molar-refractivity contribution in [1.82, 2.24) is 4.98 Å². The molecule has 0 aliphatic carbocycles. The summed E-state index contributed by atoms with van der Waals surface area (Å²) >= 11 is 1.66. The minimum atomic E-state index is -0.196. The van der Waals surface area contributed by atoms with Gasteiger partial charge in [0.25, 0.3) is 0 Å². The summed E-state index contributed by atoms with van der Waals surface area (Å²) < 4.78 is 10.6. The fraction of sp³-hybridized carbons (Fsp3) is 0.214. The number of esters is 1. The number of hydrogen-bond acceptors (Lipinski definition) is 6. The molecule has 4 rings (SSSR count). The standard InChI is InChI=1S/C28H28N2O3S/c1-30(28-29-26(20-34-28)24-6-4-3-5-7-24)18-22-8-10-23(11-9-22)19-33-25-15-12-21(13-16-25)14-17-27(31)32-2/h3-13,15-16,20H,14,17-19H2,1-2H3. The van der Waals surface area contributed by atoms with Crippen molar-refractivity contribution in [3.8, 4) is 17.0 Å². The van der Waals surface area contributed by atoms with Gasteiger partial charge in [0.2, 0.25) is 0 Å². The van der Waals surface area contributed by atoms with Crippen LogP contribution in [0.25, 0.3) is 11.3 Å². The summed E-state index contributed by atoms with van der Waals surface area (Å²) in [5, 5.41) is 3.11. The molecule has 1 heterocycles. The smallest absolute Gasteiger partial charge is 0.305 e. The van der Waals surface area contributed by atoms with Crippen molar-refractivity contribution in [3.05, 3.63) is 101 Å². The molecular weight excluding hydrogens is 444 g/mol. The summed E-state index contributed by atoms with van der Waals surface area (Å²) in [7, 11) is 3.48. The number of thiazole rings is 1. The zero-order chi connectivity index (χ0) is 23.8. The van der Waals surface area contributed by atoms with Crippen molar-refractivity contribution in [1.29, 1.82) is 0 Å². The van der Waals surface area contributed by atoms with Crippen molar-refractivity contribution < 1.29 is 14.3 Å². The Morgan fingerprint density at radius 1 is 0.912 bits per heavy atom. The molecule has 0 amide bonds. The third kappa shape index (κ3) is 6.45. The van der Waals surface area contributed by atoms with E-state index in [1.807, 2.05) is 42.5 Å². The third-order valence-electron chi connectivity index (χ3n) is 5.51. The molecular formula is C28H28N2O3S. The fourth-order valence-corrected chi connectivity index (χ4v) is 4.33. The van der Waals surface area contributed by atoms with E-state index in [4.69, 9.17) is 9.72 Å². The number of ether oxygens (including phenoxy) is 2. The van der Waals surface area contributed by atoms with Crippen molar-refractivity contribution in [2.24, 2.45) is 0 Å². The van der Waals surface area contributed by atoms with E-state index >= 15 is 0 Å². The molecule has 0 radical (unpaired) electrons. The molecule has 5 nitrogen and oxygen atoms in total. The molecule has 4 aromatic rings. The van der Waals surface area contributed by atoms with Gasteiger partial charge in [0.1, 0.15) is 12.4 Å². The Balaban J connectivity index is 1.27. The monoisotopic (exact) mass is 472 g/mol. The van der Waals surface area contributed by atoms with Crippen LogP contribution in [-0.2, 0) is 29.1 Å². The van der Waals surface area contributed by atoms with Gasteiger partial charge in [-0.2, -0.15) is 0 Å². The maximum Gasteiger partial charge on any atom is 0.305 e. The first-order valence-electron chi connectivity index (χ1n) is 11.2. The molecule has 0 atom stereocenters. The number of carbonyl (C=O) groups is 1. The van der Waals surface area contributed by atoms with Crippen LogP contribution in [0.1, 0.15) is 23.1 Å². The van der Waals surface area contributed by atoms with Gasteiger partial charge in [0.15, 0.2) is 5.13 Å². The normalized spacial score (nSPS) is 10.6. The van der Waals surface area contributed by atoms with Crippen molar-refractivity contribution in [2.75, 3.05) is 19.1 Å². The van der Waals surface area contributed by atoms with E-state index in [1.165, 1.54) is 12.7 Å². The molecule has 0 unspecified atom stereocenters. The minimum Gasteiger partial charge on any atom is -0.489 e. The number of anilines is 1. The summed E-state index contributed by atoms with van der Waals surface area (Å²) in [5.41, 5.74) is 5.57. The van der Waals surface area contributed by atoms with Crippen LogP contribution in [-0.4, -0.2) is 25.1 Å². The molecule has 0 saturated heterocycles.